The van der Waals surface area contributed by atoms with Gasteiger partial charge in [-0.25, -0.2) is 0 Å². The van der Waals surface area contributed by atoms with Crippen molar-refractivity contribution < 1.29 is 9.59 Å². The summed E-state index contributed by atoms with van der Waals surface area (Å²) in [6.07, 6.45) is 5.08. The quantitative estimate of drug-likeness (QED) is 0.794. The maximum absolute atomic E-state index is 11.8. The number of rotatable bonds is 6. The highest BCUT2D eigenvalue weighted by molar-refractivity contribution is 5.91. The number of benzene rings is 1. The second kappa shape index (κ2) is 7.25. The van der Waals surface area contributed by atoms with Gasteiger partial charge in [-0.1, -0.05) is 44.2 Å². The van der Waals surface area contributed by atoms with Gasteiger partial charge in [-0.2, -0.15) is 0 Å². The van der Waals surface area contributed by atoms with Crippen LogP contribution in [0.2, 0.25) is 0 Å². The molecule has 0 fully saturated rings. The zero-order chi connectivity index (χ0) is 16.0. The number of hydrazine groups is 1. The third-order valence-corrected chi connectivity index (χ3v) is 3.73. The van der Waals surface area contributed by atoms with Gasteiger partial charge in [0.25, 0.3) is 0 Å². The van der Waals surface area contributed by atoms with E-state index in [1.165, 1.54) is 5.56 Å². The first-order valence-electron chi connectivity index (χ1n) is 7.77. The van der Waals surface area contributed by atoms with Gasteiger partial charge in [-0.15, -0.1) is 0 Å². The number of ketones is 1. The van der Waals surface area contributed by atoms with E-state index in [9.17, 15) is 9.59 Å². The molecule has 1 aromatic carbocycles. The zero-order valence-electron chi connectivity index (χ0n) is 13.3. The number of hydrogen-bond acceptors (Lipinski definition) is 3. The standard InChI is InChI=1S/C18H24N2O2/c1-18(2)12-15(11-16(21)13-18)19-20-17(22)10-6-9-14-7-4-3-5-8-14/h3-5,7-8,11,19H,6,9-10,12-13H2,1-2H3,(H,20,22). The van der Waals surface area contributed by atoms with Crippen molar-refractivity contribution in [3.63, 3.8) is 0 Å². The molecule has 2 rings (SSSR count). The van der Waals surface area contributed by atoms with Crippen molar-refractivity contribution in [2.75, 3.05) is 0 Å². The van der Waals surface area contributed by atoms with E-state index in [2.05, 4.69) is 36.8 Å². The van der Waals surface area contributed by atoms with Crippen molar-refractivity contribution in [3.8, 4) is 0 Å². The van der Waals surface area contributed by atoms with Crippen molar-refractivity contribution in [1.29, 1.82) is 0 Å². The summed E-state index contributed by atoms with van der Waals surface area (Å²) in [6.45, 7) is 4.11. The predicted molar refractivity (Wildman–Crippen MR) is 86.8 cm³/mol. The fourth-order valence-electron chi connectivity index (χ4n) is 2.74. The lowest BCUT2D eigenvalue weighted by atomic mass is 9.79. The molecule has 1 aromatic rings. The van der Waals surface area contributed by atoms with Crippen LogP contribution >= 0.6 is 0 Å². The van der Waals surface area contributed by atoms with Gasteiger partial charge in [-0.05, 0) is 30.2 Å². The van der Waals surface area contributed by atoms with Crippen molar-refractivity contribution in [2.45, 2.75) is 46.0 Å². The fraction of sp³-hybridized carbons (Fsp3) is 0.444. The Morgan fingerprint density at radius 3 is 2.59 bits per heavy atom. The van der Waals surface area contributed by atoms with Crippen molar-refractivity contribution in [3.05, 3.63) is 47.7 Å². The molecule has 0 bridgehead atoms. The number of carbonyl (C=O) groups is 2. The van der Waals surface area contributed by atoms with E-state index < -0.39 is 0 Å². The summed E-state index contributed by atoms with van der Waals surface area (Å²) >= 11 is 0. The lowest BCUT2D eigenvalue weighted by molar-refractivity contribution is -0.122. The Bertz CT molecular complexity index is 562. The molecule has 0 radical (unpaired) electrons. The molecule has 4 nitrogen and oxygen atoms in total. The Morgan fingerprint density at radius 1 is 1.18 bits per heavy atom. The van der Waals surface area contributed by atoms with Crippen LogP contribution in [-0.2, 0) is 16.0 Å². The van der Waals surface area contributed by atoms with Crippen LogP contribution < -0.4 is 10.9 Å². The number of aryl methyl sites for hydroxylation is 1. The Kier molecular flexibility index (Phi) is 5.36. The predicted octanol–water partition coefficient (Wildman–Crippen LogP) is 2.90. The molecule has 0 heterocycles. The molecule has 22 heavy (non-hydrogen) atoms. The van der Waals surface area contributed by atoms with Crippen LogP contribution in [0, 0.1) is 5.41 Å². The van der Waals surface area contributed by atoms with Gasteiger partial charge in [0.1, 0.15) is 0 Å². The number of amides is 1. The van der Waals surface area contributed by atoms with Gasteiger partial charge in [0.05, 0.1) is 0 Å². The first kappa shape index (κ1) is 16.3. The summed E-state index contributed by atoms with van der Waals surface area (Å²) in [7, 11) is 0. The maximum atomic E-state index is 11.8. The van der Waals surface area contributed by atoms with Crippen LogP contribution in [0.5, 0.6) is 0 Å². The molecule has 0 aliphatic heterocycles. The molecule has 118 valence electrons. The second-order valence-electron chi connectivity index (χ2n) is 6.67. The third kappa shape index (κ3) is 5.35. The summed E-state index contributed by atoms with van der Waals surface area (Å²) in [4.78, 5) is 23.5. The summed E-state index contributed by atoms with van der Waals surface area (Å²) in [5.74, 6) is 0.0599. The Balaban J connectivity index is 1.71. The Labute approximate surface area is 132 Å². The Morgan fingerprint density at radius 2 is 1.91 bits per heavy atom. The molecule has 0 unspecified atom stereocenters. The maximum Gasteiger partial charge on any atom is 0.238 e. The zero-order valence-corrected chi connectivity index (χ0v) is 13.3. The van der Waals surface area contributed by atoms with Gasteiger partial charge in [0.15, 0.2) is 5.78 Å². The molecule has 1 aliphatic carbocycles. The molecule has 0 aromatic heterocycles. The molecule has 0 spiro atoms. The molecule has 0 saturated carbocycles. The SMILES string of the molecule is CC1(C)CC(=O)C=C(NNC(=O)CCCc2ccccc2)C1. The molecule has 0 atom stereocenters. The molecule has 2 N–H and O–H groups in total. The first-order valence-corrected chi connectivity index (χ1v) is 7.77. The normalized spacial score (nSPS) is 16.8. The topological polar surface area (TPSA) is 58.2 Å². The largest absolute Gasteiger partial charge is 0.303 e. The lowest BCUT2D eigenvalue weighted by Crippen LogP contribution is -2.39. The van der Waals surface area contributed by atoms with Crippen molar-refractivity contribution in [2.24, 2.45) is 5.41 Å². The number of carbonyl (C=O) groups excluding carboxylic acids is 2. The highest BCUT2D eigenvalue weighted by Gasteiger charge is 2.27. The Hall–Kier alpha value is -2.10. The minimum Gasteiger partial charge on any atom is -0.303 e. The molecular weight excluding hydrogens is 276 g/mol. The third-order valence-electron chi connectivity index (χ3n) is 3.73. The number of hydrogen-bond donors (Lipinski definition) is 2. The van der Waals surface area contributed by atoms with Crippen LogP contribution in [0.15, 0.2) is 42.1 Å². The van der Waals surface area contributed by atoms with Crippen molar-refractivity contribution in [1.82, 2.24) is 10.9 Å². The van der Waals surface area contributed by atoms with E-state index in [1.54, 1.807) is 6.08 Å². The minimum atomic E-state index is -0.0494. The molecule has 1 amide bonds. The van der Waals surface area contributed by atoms with E-state index in [0.29, 0.717) is 12.8 Å². The smallest absolute Gasteiger partial charge is 0.238 e. The van der Waals surface area contributed by atoms with E-state index in [-0.39, 0.29) is 17.1 Å². The van der Waals surface area contributed by atoms with Gasteiger partial charge < -0.3 is 5.43 Å². The fourth-order valence-corrected chi connectivity index (χ4v) is 2.74. The average Bonchev–Trinajstić information content (AvgIpc) is 2.44. The molecule has 4 heteroatoms. The first-order chi connectivity index (χ1) is 10.4. The van der Waals surface area contributed by atoms with Gasteiger partial charge in [0.2, 0.25) is 5.91 Å². The van der Waals surface area contributed by atoms with Gasteiger partial charge in [-0.3, -0.25) is 15.0 Å². The molecule has 0 saturated heterocycles. The second-order valence-corrected chi connectivity index (χ2v) is 6.67. The van der Waals surface area contributed by atoms with E-state index in [0.717, 1.165) is 25.0 Å². The lowest BCUT2D eigenvalue weighted by Gasteiger charge is -2.29. The van der Waals surface area contributed by atoms with Crippen LogP contribution in [0.4, 0.5) is 0 Å². The summed E-state index contributed by atoms with van der Waals surface area (Å²) in [5.41, 5.74) is 7.57. The van der Waals surface area contributed by atoms with E-state index in [1.807, 2.05) is 18.2 Å². The van der Waals surface area contributed by atoms with Crippen LogP contribution in [0.25, 0.3) is 0 Å². The average molecular weight is 300 g/mol. The van der Waals surface area contributed by atoms with Gasteiger partial charge in [0, 0.05) is 24.6 Å². The van der Waals surface area contributed by atoms with Crippen LogP contribution in [-0.4, -0.2) is 11.7 Å². The highest BCUT2D eigenvalue weighted by Crippen LogP contribution is 2.32. The number of allylic oxidation sites excluding steroid dienone is 2. The molecular formula is C18H24N2O2. The summed E-state index contributed by atoms with van der Waals surface area (Å²) in [5, 5.41) is 0. The highest BCUT2D eigenvalue weighted by atomic mass is 16.2. The minimum absolute atomic E-state index is 0.0485. The van der Waals surface area contributed by atoms with Crippen LogP contribution in [0.3, 0.4) is 0 Å². The monoisotopic (exact) mass is 300 g/mol. The summed E-state index contributed by atoms with van der Waals surface area (Å²) in [6, 6.07) is 10.1. The van der Waals surface area contributed by atoms with E-state index in [4.69, 9.17) is 0 Å². The summed E-state index contributed by atoms with van der Waals surface area (Å²) < 4.78 is 0. The van der Waals surface area contributed by atoms with Crippen LogP contribution in [0.1, 0.15) is 45.1 Å². The van der Waals surface area contributed by atoms with Crippen molar-refractivity contribution >= 4 is 11.7 Å². The van der Waals surface area contributed by atoms with E-state index >= 15 is 0 Å². The number of nitrogens with one attached hydrogen (secondary N) is 2. The van der Waals surface area contributed by atoms with Gasteiger partial charge >= 0.3 is 0 Å². The molecule has 1 aliphatic rings.